The molecule has 1 heterocycles. The van der Waals surface area contributed by atoms with E-state index in [1.54, 1.807) is 7.05 Å². The summed E-state index contributed by atoms with van der Waals surface area (Å²) >= 11 is 1.29. The number of aromatic nitrogens is 1. The van der Waals surface area contributed by atoms with E-state index in [2.05, 4.69) is 15.6 Å². The first-order valence-electron chi connectivity index (χ1n) is 5.68. The molecule has 0 aliphatic rings. The number of hydrogen-bond acceptors (Lipinski definition) is 5. The summed E-state index contributed by atoms with van der Waals surface area (Å²) in [6.45, 7) is 4.08. The van der Waals surface area contributed by atoms with Crippen LogP contribution < -0.4 is 10.6 Å². The molecule has 3 N–H and O–H groups in total. The van der Waals surface area contributed by atoms with Gasteiger partial charge >= 0.3 is 0 Å². The van der Waals surface area contributed by atoms with Gasteiger partial charge in [0.2, 0.25) is 0 Å². The molecule has 1 aromatic rings. The summed E-state index contributed by atoms with van der Waals surface area (Å²) in [4.78, 5) is 16.3. The molecule has 0 aliphatic heterocycles. The second kappa shape index (κ2) is 5.97. The van der Waals surface area contributed by atoms with Crippen molar-refractivity contribution in [1.29, 1.82) is 0 Å². The number of rotatable bonds is 6. The number of nitrogens with one attached hydrogen (secondary N) is 2. The largest absolute Gasteiger partial charge is 0.388 e. The predicted octanol–water partition coefficient (Wildman–Crippen LogP) is 1.47. The summed E-state index contributed by atoms with van der Waals surface area (Å²) in [5, 5.41) is 16.3. The number of amides is 1. The van der Waals surface area contributed by atoms with Crippen molar-refractivity contribution in [2.75, 3.05) is 18.9 Å². The van der Waals surface area contributed by atoms with Crippen molar-refractivity contribution >= 4 is 22.4 Å². The van der Waals surface area contributed by atoms with Crippen molar-refractivity contribution < 1.29 is 9.90 Å². The molecule has 96 valence electrons. The number of aliphatic hydroxyl groups is 1. The molecule has 0 saturated heterocycles. The zero-order chi connectivity index (χ0) is 12.9. The van der Waals surface area contributed by atoms with Gasteiger partial charge in [-0.25, -0.2) is 4.98 Å². The van der Waals surface area contributed by atoms with Gasteiger partial charge in [-0.2, -0.15) is 0 Å². The van der Waals surface area contributed by atoms with Gasteiger partial charge < -0.3 is 15.7 Å². The first kappa shape index (κ1) is 13.9. The number of anilines is 1. The van der Waals surface area contributed by atoms with Gasteiger partial charge in [-0.05, 0) is 12.8 Å². The average molecular weight is 257 g/mol. The highest BCUT2D eigenvalue weighted by Gasteiger charge is 2.23. The molecule has 0 aliphatic carbocycles. The zero-order valence-corrected chi connectivity index (χ0v) is 11.2. The molecular formula is C11H19N3O2S. The molecule has 0 radical (unpaired) electrons. The Morgan fingerprint density at radius 1 is 1.53 bits per heavy atom. The highest BCUT2D eigenvalue weighted by atomic mass is 32.1. The minimum Gasteiger partial charge on any atom is -0.388 e. The molecule has 0 bridgehead atoms. The van der Waals surface area contributed by atoms with Crippen LogP contribution in [-0.4, -0.2) is 35.2 Å². The fourth-order valence-corrected chi connectivity index (χ4v) is 2.01. The Labute approximate surface area is 105 Å². The molecule has 0 spiro atoms. The van der Waals surface area contributed by atoms with Crippen molar-refractivity contribution in [3.63, 3.8) is 0 Å². The monoisotopic (exact) mass is 257 g/mol. The molecule has 5 nitrogen and oxygen atoms in total. The Bertz CT molecular complexity index is 375. The summed E-state index contributed by atoms with van der Waals surface area (Å²) in [6.07, 6.45) is 2.77. The van der Waals surface area contributed by atoms with E-state index in [9.17, 15) is 9.90 Å². The van der Waals surface area contributed by atoms with Crippen LogP contribution in [0, 0.1) is 0 Å². The summed E-state index contributed by atoms with van der Waals surface area (Å²) in [5.41, 5.74) is -0.813. The van der Waals surface area contributed by atoms with Crippen molar-refractivity contribution in [3.05, 3.63) is 11.1 Å². The highest BCUT2D eigenvalue weighted by molar-refractivity contribution is 7.17. The Balaban J connectivity index is 2.55. The third kappa shape index (κ3) is 3.67. The van der Waals surface area contributed by atoms with Crippen molar-refractivity contribution in [3.8, 4) is 0 Å². The van der Waals surface area contributed by atoms with Crippen LogP contribution in [0.1, 0.15) is 36.4 Å². The van der Waals surface area contributed by atoms with E-state index < -0.39 is 5.60 Å². The third-order valence-corrected chi connectivity index (χ3v) is 3.85. The van der Waals surface area contributed by atoms with Crippen molar-refractivity contribution in [1.82, 2.24) is 10.3 Å². The molecule has 0 fully saturated rings. The van der Waals surface area contributed by atoms with E-state index in [1.807, 2.05) is 13.8 Å². The van der Waals surface area contributed by atoms with E-state index in [4.69, 9.17) is 0 Å². The SMILES string of the molecule is CCC(O)(CC)CNC(=O)c1cnc(NC)s1. The standard InChI is InChI=1S/C11H19N3O2S/c1-4-11(16,5-2)7-14-9(15)8-6-13-10(12-3)17-8/h6,16H,4-5,7H2,1-3H3,(H,12,13)(H,14,15). The van der Waals surface area contributed by atoms with E-state index in [1.165, 1.54) is 17.5 Å². The molecule has 1 rings (SSSR count). The topological polar surface area (TPSA) is 74.2 Å². The molecule has 0 atom stereocenters. The smallest absolute Gasteiger partial charge is 0.263 e. The van der Waals surface area contributed by atoms with Gasteiger partial charge in [0, 0.05) is 13.6 Å². The second-order valence-corrected chi connectivity index (χ2v) is 4.92. The molecule has 6 heteroatoms. The molecule has 1 aromatic heterocycles. The van der Waals surface area contributed by atoms with Crippen LogP contribution in [0.25, 0.3) is 0 Å². The lowest BCUT2D eigenvalue weighted by Gasteiger charge is -2.25. The van der Waals surface area contributed by atoms with Crippen LogP contribution in [0.2, 0.25) is 0 Å². The van der Waals surface area contributed by atoms with E-state index in [0.29, 0.717) is 22.9 Å². The number of nitrogens with zero attached hydrogens (tertiary/aromatic N) is 1. The van der Waals surface area contributed by atoms with E-state index in [0.717, 1.165) is 0 Å². The van der Waals surface area contributed by atoms with Crippen molar-refractivity contribution in [2.45, 2.75) is 32.3 Å². The van der Waals surface area contributed by atoms with Gasteiger partial charge in [0.05, 0.1) is 11.8 Å². The maximum atomic E-state index is 11.8. The summed E-state index contributed by atoms with van der Waals surface area (Å²) < 4.78 is 0. The fraction of sp³-hybridized carbons (Fsp3) is 0.636. The Hall–Kier alpha value is -1.14. The number of carbonyl (C=O) groups excluding carboxylic acids is 1. The normalized spacial score (nSPS) is 11.3. The van der Waals surface area contributed by atoms with E-state index >= 15 is 0 Å². The van der Waals surface area contributed by atoms with Gasteiger partial charge in [0.1, 0.15) is 4.88 Å². The van der Waals surface area contributed by atoms with Gasteiger partial charge in [-0.15, -0.1) is 0 Å². The third-order valence-electron chi connectivity index (χ3n) is 2.84. The van der Waals surface area contributed by atoms with Gasteiger partial charge in [-0.1, -0.05) is 25.2 Å². The summed E-state index contributed by atoms with van der Waals surface area (Å²) in [5.74, 6) is -0.190. The first-order chi connectivity index (χ1) is 8.04. The summed E-state index contributed by atoms with van der Waals surface area (Å²) in [6, 6.07) is 0. The molecule has 0 aromatic carbocycles. The first-order valence-corrected chi connectivity index (χ1v) is 6.50. The van der Waals surface area contributed by atoms with Gasteiger partial charge in [-0.3, -0.25) is 4.79 Å². The lowest BCUT2D eigenvalue weighted by molar-refractivity contribution is 0.0314. The maximum absolute atomic E-state index is 11.8. The van der Waals surface area contributed by atoms with Crippen LogP contribution in [0.5, 0.6) is 0 Å². The summed E-state index contributed by atoms with van der Waals surface area (Å²) in [7, 11) is 1.76. The molecule has 0 saturated carbocycles. The maximum Gasteiger partial charge on any atom is 0.263 e. The highest BCUT2D eigenvalue weighted by Crippen LogP contribution is 2.18. The number of hydrogen-bond donors (Lipinski definition) is 3. The molecule has 0 unspecified atom stereocenters. The van der Waals surface area contributed by atoms with Crippen LogP contribution in [0.3, 0.4) is 0 Å². The number of carbonyl (C=O) groups is 1. The molecular weight excluding hydrogens is 238 g/mol. The second-order valence-electron chi connectivity index (χ2n) is 3.89. The van der Waals surface area contributed by atoms with Crippen LogP contribution >= 0.6 is 11.3 Å². The van der Waals surface area contributed by atoms with Crippen molar-refractivity contribution in [2.24, 2.45) is 0 Å². The Morgan fingerprint density at radius 3 is 2.65 bits per heavy atom. The minimum atomic E-state index is -0.813. The van der Waals surface area contributed by atoms with Crippen LogP contribution in [0.4, 0.5) is 5.13 Å². The lowest BCUT2D eigenvalue weighted by atomic mass is 9.98. The zero-order valence-electron chi connectivity index (χ0n) is 10.4. The van der Waals surface area contributed by atoms with Gasteiger partial charge in [0.25, 0.3) is 5.91 Å². The molecule has 1 amide bonds. The predicted molar refractivity (Wildman–Crippen MR) is 69.5 cm³/mol. The van der Waals surface area contributed by atoms with Crippen LogP contribution in [0.15, 0.2) is 6.20 Å². The minimum absolute atomic E-state index is 0.190. The van der Waals surface area contributed by atoms with Gasteiger partial charge in [0.15, 0.2) is 5.13 Å². The average Bonchev–Trinajstić information content (AvgIpc) is 2.84. The van der Waals surface area contributed by atoms with Crippen LogP contribution in [-0.2, 0) is 0 Å². The fourth-order valence-electron chi connectivity index (χ4n) is 1.33. The Morgan fingerprint density at radius 2 is 2.18 bits per heavy atom. The Kier molecular flexibility index (Phi) is 4.89. The molecule has 17 heavy (non-hydrogen) atoms. The lowest BCUT2D eigenvalue weighted by Crippen LogP contribution is -2.41. The number of thiazole rings is 1. The van der Waals surface area contributed by atoms with E-state index in [-0.39, 0.29) is 12.5 Å². The quantitative estimate of drug-likeness (QED) is 0.721.